The Balaban J connectivity index is 1.66. The van der Waals surface area contributed by atoms with Gasteiger partial charge in [-0.05, 0) is 68.5 Å². The molecule has 3 rings (SSSR count). The molecule has 1 atom stereocenters. The van der Waals surface area contributed by atoms with Gasteiger partial charge in [-0.1, -0.05) is 31.2 Å². The Kier molecular flexibility index (Phi) is 5.73. The van der Waals surface area contributed by atoms with E-state index in [0.29, 0.717) is 17.5 Å². The van der Waals surface area contributed by atoms with E-state index in [9.17, 15) is 13.9 Å². The van der Waals surface area contributed by atoms with E-state index >= 15 is 0 Å². The van der Waals surface area contributed by atoms with E-state index in [1.165, 1.54) is 25.0 Å². The maximum absolute atomic E-state index is 13.9. The second-order valence-electron chi connectivity index (χ2n) is 7.75. The summed E-state index contributed by atoms with van der Waals surface area (Å²) in [4.78, 5) is 2.41. The predicted molar refractivity (Wildman–Crippen MR) is 101 cm³/mol. The fourth-order valence-corrected chi connectivity index (χ4v) is 3.54. The molecule has 1 fully saturated rings. The predicted octanol–water partition coefficient (Wildman–Crippen LogP) is 4.96. The summed E-state index contributed by atoms with van der Waals surface area (Å²) in [5.74, 6) is -0.368. The Morgan fingerprint density at radius 1 is 1.08 bits per heavy atom. The molecule has 2 nitrogen and oxygen atoms in total. The van der Waals surface area contributed by atoms with Gasteiger partial charge in [-0.25, -0.2) is 8.78 Å². The summed E-state index contributed by atoms with van der Waals surface area (Å²) in [5.41, 5.74) is 0.921. The number of hydrogen-bond acceptors (Lipinski definition) is 2. The molecule has 1 heterocycles. The van der Waals surface area contributed by atoms with E-state index in [1.807, 2.05) is 19.1 Å². The van der Waals surface area contributed by atoms with Crippen LogP contribution in [0, 0.1) is 17.6 Å². The largest absolute Gasteiger partial charge is 0.385 e. The molecule has 1 N–H and O–H groups in total. The van der Waals surface area contributed by atoms with Crippen molar-refractivity contribution in [3.8, 4) is 11.1 Å². The SMILES string of the molecule is CC1CCN(CCC(C)(O)c2ccc(-c3ccc(F)cc3F)cc2)CC1. The Labute approximate surface area is 154 Å². The number of aliphatic hydroxyl groups is 1. The van der Waals surface area contributed by atoms with Gasteiger partial charge < -0.3 is 10.0 Å². The lowest BCUT2D eigenvalue weighted by Gasteiger charge is -2.33. The smallest absolute Gasteiger partial charge is 0.133 e. The summed E-state index contributed by atoms with van der Waals surface area (Å²) >= 11 is 0. The second kappa shape index (κ2) is 7.85. The van der Waals surface area contributed by atoms with Gasteiger partial charge in [-0.2, -0.15) is 0 Å². The maximum atomic E-state index is 13.9. The van der Waals surface area contributed by atoms with Crippen molar-refractivity contribution in [2.24, 2.45) is 5.92 Å². The van der Waals surface area contributed by atoms with Gasteiger partial charge in [-0.15, -0.1) is 0 Å². The van der Waals surface area contributed by atoms with Crippen molar-refractivity contribution in [1.82, 2.24) is 4.90 Å². The molecule has 4 heteroatoms. The molecule has 0 spiro atoms. The lowest BCUT2D eigenvalue weighted by atomic mass is 9.90. The molecule has 0 saturated carbocycles. The molecule has 0 bridgehead atoms. The quantitative estimate of drug-likeness (QED) is 0.815. The van der Waals surface area contributed by atoms with E-state index in [1.54, 1.807) is 12.1 Å². The van der Waals surface area contributed by atoms with Crippen LogP contribution in [0.1, 0.15) is 38.7 Å². The fraction of sp³-hybridized carbons (Fsp3) is 0.455. The van der Waals surface area contributed by atoms with Crippen LogP contribution in [0.2, 0.25) is 0 Å². The molecular formula is C22H27F2NO. The third-order valence-corrected chi connectivity index (χ3v) is 5.54. The highest BCUT2D eigenvalue weighted by Gasteiger charge is 2.25. The average molecular weight is 359 g/mol. The van der Waals surface area contributed by atoms with Crippen LogP contribution in [-0.2, 0) is 5.60 Å². The molecule has 1 aliphatic heterocycles. The first-order chi connectivity index (χ1) is 12.3. The van der Waals surface area contributed by atoms with Gasteiger partial charge in [0.25, 0.3) is 0 Å². The monoisotopic (exact) mass is 359 g/mol. The lowest BCUT2D eigenvalue weighted by Crippen LogP contribution is -2.36. The summed E-state index contributed by atoms with van der Waals surface area (Å²) in [5, 5.41) is 10.9. The zero-order valence-corrected chi connectivity index (χ0v) is 15.5. The van der Waals surface area contributed by atoms with Crippen LogP contribution in [0.25, 0.3) is 11.1 Å². The molecule has 1 unspecified atom stereocenters. The fourth-order valence-electron chi connectivity index (χ4n) is 3.54. The number of rotatable bonds is 5. The summed E-state index contributed by atoms with van der Waals surface area (Å²) < 4.78 is 27.0. The minimum absolute atomic E-state index is 0.361. The van der Waals surface area contributed by atoms with E-state index in [4.69, 9.17) is 0 Å². The minimum atomic E-state index is -0.928. The Morgan fingerprint density at radius 2 is 1.73 bits per heavy atom. The summed E-state index contributed by atoms with van der Waals surface area (Å²) in [6.45, 7) is 7.18. The van der Waals surface area contributed by atoms with Crippen LogP contribution in [0.5, 0.6) is 0 Å². The lowest BCUT2D eigenvalue weighted by molar-refractivity contribution is 0.0320. The van der Waals surface area contributed by atoms with Crippen molar-refractivity contribution in [3.05, 3.63) is 59.7 Å². The molecule has 0 aliphatic carbocycles. The Hall–Kier alpha value is -1.78. The molecule has 26 heavy (non-hydrogen) atoms. The number of piperidine rings is 1. The first kappa shape index (κ1) is 19.0. The van der Waals surface area contributed by atoms with Gasteiger partial charge in [0.2, 0.25) is 0 Å². The molecule has 140 valence electrons. The van der Waals surface area contributed by atoms with E-state index in [-0.39, 0.29) is 0 Å². The molecule has 2 aromatic rings. The molecular weight excluding hydrogens is 332 g/mol. The third kappa shape index (κ3) is 4.49. The zero-order valence-electron chi connectivity index (χ0n) is 15.5. The van der Waals surface area contributed by atoms with Crippen LogP contribution in [0.4, 0.5) is 8.78 Å². The van der Waals surface area contributed by atoms with Crippen molar-refractivity contribution >= 4 is 0 Å². The van der Waals surface area contributed by atoms with Gasteiger partial charge >= 0.3 is 0 Å². The number of likely N-dealkylation sites (tertiary alicyclic amines) is 1. The highest BCUT2D eigenvalue weighted by Crippen LogP contribution is 2.29. The van der Waals surface area contributed by atoms with E-state index in [2.05, 4.69) is 11.8 Å². The van der Waals surface area contributed by atoms with E-state index < -0.39 is 17.2 Å². The first-order valence-corrected chi connectivity index (χ1v) is 9.36. The van der Waals surface area contributed by atoms with Crippen molar-refractivity contribution in [2.75, 3.05) is 19.6 Å². The van der Waals surface area contributed by atoms with Crippen molar-refractivity contribution in [2.45, 2.75) is 38.7 Å². The van der Waals surface area contributed by atoms with Crippen molar-refractivity contribution in [3.63, 3.8) is 0 Å². The van der Waals surface area contributed by atoms with Crippen molar-refractivity contribution < 1.29 is 13.9 Å². The van der Waals surface area contributed by atoms with Crippen LogP contribution in [0.3, 0.4) is 0 Å². The summed E-state index contributed by atoms with van der Waals surface area (Å²) in [7, 11) is 0. The Morgan fingerprint density at radius 3 is 2.35 bits per heavy atom. The van der Waals surface area contributed by atoms with Gasteiger partial charge in [0, 0.05) is 18.2 Å². The second-order valence-corrected chi connectivity index (χ2v) is 7.75. The van der Waals surface area contributed by atoms with Gasteiger partial charge in [0.05, 0.1) is 5.60 Å². The topological polar surface area (TPSA) is 23.5 Å². The number of halogens is 2. The standard InChI is InChI=1S/C22H27F2NO/c1-16-9-12-25(13-10-16)14-11-22(2,26)18-5-3-17(4-6-18)20-8-7-19(23)15-21(20)24/h3-8,15-16,26H,9-14H2,1-2H3. The number of benzene rings is 2. The highest BCUT2D eigenvalue weighted by molar-refractivity contribution is 5.64. The number of nitrogens with zero attached hydrogens (tertiary/aromatic N) is 1. The molecule has 0 aromatic heterocycles. The minimum Gasteiger partial charge on any atom is -0.385 e. The van der Waals surface area contributed by atoms with Crippen LogP contribution in [0.15, 0.2) is 42.5 Å². The van der Waals surface area contributed by atoms with Crippen LogP contribution >= 0.6 is 0 Å². The average Bonchev–Trinajstić information content (AvgIpc) is 2.61. The van der Waals surface area contributed by atoms with E-state index in [0.717, 1.165) is 37.2 Å². The molecule has 1 saturated heterocycles. The zero-order chi connectivity index (χ0) is 18.7. The van der Waals surface area contributed by atoms with Crippen LogP contribution in [-0.4, -0.2) is 29.6 Å². The number of hydrogen-bond donors (Lipinski definition) is 1. The molecule has 0 amide bonds. The third-order valence-electron chi connectivity index (χ3n) is 5.54. The molecule has 1 aliphatic rings. The van der Waals surface area contributed by atoms with Gasteiger partial charge in [0.1, 0.15) is 11.6 Å². The van der Waals surface area contributed by atoms with Crippen molar-refractivity contribution in [1.29, 1.82) is 0 Å². The highest BCUT2D eigenvalue weighted by atomic mass is 19.1. The summed E-state index contributed by atoms with van der Waals surface area (Å²) in [6.07, 6.45) is 3.10. The summed E-state index contributed by atoms with van der Waals surface area (Å²) in [6, 6.07) is 10.8. The Bertz CT molecular complexity index is 734. The maximum Gasteiger partial charge on any atom is 0.133 e. The molecule has 0 radical (unpaired) electrons. The van der Waals surface area contributed by atoms with Gasteiger partial charge in [-0.3, -0.25) is 0 Å². The van der Waals surface area contributed by atoms with Crippen LogP contribution < -0.4 is 0 Å². The van der Waals surface area contributed by atoms with Gasteiger partial charge in [0.15, 0.2) is 0 Å². The molecule has 2 aromatic carbocycles. The first-order valence-electron chi connectivity index (χ1n) is 9.36. The normalized spacial score (nSPS) is 18.7.